The van der Waals surface area contributed by atoms with E-state index < -0.39 is 23.3 Å². The van der Waals surface area contributed by atoms with Crippen LogP contribution >= 0.6 is 0 Å². The van der Waals surface area contributed by atoms with Gasteiger partial charge in [-0.2, -0.15) is 0 Å². The van der Waals surface area contributed by atoms with Crippen LogP contribution in [0.2, 0.25) is 0 Å². The van der Waals surface area contributed by atoms with Crippen molar-refractivity contribution in [3.63, 3.8) is 0 Å². The molecule has 0 unspecified atom stereocenters. The maximum Gasteiger partial charge on any atom is 0.328 e. The number of barbiturate groups is 1. The Morgan fingerprint density at radius 1 is 0.909 bits per heavy atom. The minimum atomic E-state index is -1.25. The SMILES string of the molecule is CCC1(Cc2cccc3ccccc23)C(=O)NC(=O)NC1=O. The summed E-state index contributed by atoms with van der Waals surface area (Å²) < 4.78 is 0. The van der Waals surface area contributed by atoms with Gasteiger partial charge in [-0.1, -0.05) is 49.4 Å². The van der Waals surface area contributed by atoms with E-state index in [4.69, 9.17) is 0 Å². The van der Waals surface area contributed by atoms with Crippen molar-refractivity contribution in [2.45, 2.75) is 19.8 Å². The van der Waals surface area contributed by atoms with Crippen molar-refractivity contribution in [2.24, 2.45) is 5.41 Å². The summed E-state index contributed by atoms with van der Waals surface area (Å²) >= 11 is 0. The second-order valence-corrected chi connectivity index (χ2v) is 5.49. The van der Waals surface area contributed by atoms with Gasteiger partial charge in [-0.15, -0.1) is 0 Å². The first-order valence-corrected chi connectivity index (χ1v) is 7.20. The van der Waals surface area contributed by atoms with Crippen LogP contribution in [0.15, 0.2) is 42.5 Å². The predicted molar refractivity (Wildman–Crippen MR) is 82.1 cm³/mol. The van der Waals surface area contributed by atoms with E-state index in [1.807, 2.05) is 42.5 Å². The minimum absolute atomic E-state index is 0.260. The summed E-state index contributed by atoms with van der Waals surface area (Å²) in [6, 6.07) is 12.9. The van der Waals surface area contributed by atoms with E-state index in [2.05, 4.69) is 10.6 Å². The van der Waals surface area contributed by atoms with Gasteiger partial charge in [-0.05, 0) is 29.2 Å². The van der Waals surface area contributed by atoms with Crippen molar-refractivity contribution >= 4 is 28.6 Å². The fourth-order valence-corrected chi connectivity index (χ4v) is 2.96. The lowest BCUT2D eigenvalue weighted by Gasteiger charge is -2.33. The second-order valence-electron chi connectivity index (χ2n) is 5.49. The molecule has 2 aromatic rings. The molecule has 1 saturated heterocycles. The van der Waals surface area contributed by atoms with E-state index in [0.29, 0.717) is 6.42 Å². The molecule has 1 heterocycles. The van der Waals surface area contributed by atoms with Gasteiger partial charge >= 0.3 is 6.03 Å². The van der Waals surface area contributed by atoms with Crippen molar-refractivity contribution in [1.82, 2.24) is 10.6 Å². The first-order valence-electron chi connectivity index (χ1n) is 7.20. The van der Waals surface area contributed by atoms with Gasteiger partial charge in [0.05, 0.1) is 0 Å². The average molecular weight is 296 g/mol. The van der Waals surface area contributed by atoms with Crippen molar-refractivity contribution in [1.29, 1.82) is 0 Å². The van der Waals surface area contributed by atoms with Crippen LogP contribution in [-0.2, 0) is 16.0 Å². The Labute approximate surface area is 127 Å². The number of hydrogen-bond acceptors (Lipinski definition) is 3. The van der Waals surface area contributed by atoms with Crippen LogP contribution in [0.4, 0.5) is 4.79 Å². The van der Waals surface area contributed by atoms with Gasteiger partial charge in [0.1, 0.15) is 5.41 Å². The molecule has 0 aromatic heterocycles. The van der Waals surface area contributed by atoms with Gasteiger partial charge in [0.2, 0.25) is 11.8 Å². The molecule has 0 saturated carbocycles. The Balaban J connectivity index is 2.07. The first-order chi connectivity index (χ1) is 10.6. The quantitative estimate of drug-likeness (QED) is 0.852. The number of benzene rings is 2. The highest BCUT2D eigenvalue weighted by Crippen LogP contribution is 2.32. The Bertz CT molecular complexity index is 757. The molecule has 5 nitrogen and oxygen atoms in total. The molecular formula is C17H16N2O3. The summed E-state index contributed by atoms with van der Waals surface area (Å²) in [5, 5.41) is 6.48. The summed E-state index contributed by atoms with van der Waals surface area (Å²) in [5.74, 6) is -1.06. The van der Waals surface area contributed by atoms with Crippen LogP contribution < -0.4 is 10.6 Å². The van der Waals surface area contributed by atoms with Crippen molar-refractivity contribution in [3.05, 3.63) is 48.0 Å². The number of carbonyl (C=O) groups excluding carboxylic acids is 3. The first kappa shape index (κ1) is 14.3. The van der Waals surface area contributed by atoms with Gasteiger partial charge < -0.3 is 0 Å². The number of amides is 4. The highest BCUT2D eigenvalue weighted by Gasteiger charge is 2.48. The molecule has 0 bridgehead atoms. The normalized spacial score (nSPS) is 17.2. The molecule has 3 rings (SSSR count). The Kier molecular flexibility index (Phi) is 3.41. The molecule has 112 valence electrons. The number of imide groups is 2. The molecule has 5 heteroatoms. The fourth-order valence-electron chi connectivity index (χ4n) is 2.96. The largest absolute Gasteiger partial charge is 0.328 e. The maximum absolute atomic E-state index is 12.3. The predicted octanol–water partition coefficient (Wildman–Crippen LogP) is 2.14. The summed E-state index contributed by atoms with van der Waals surface area (Å²) in [4.78, 5) is 35.9. The third-order valence-electron chi connectivity index (χ3n) is 4.30. The summed E-state index contributed by atoms with van der Waals surface area (Å²) in [5.41, 5.74) is -0.336. The van der Waals surface area contributed by atoms with Crippen molar-refractivity contribution < 1.29 is 14.4 Å². The van der Waals surface area contributed by atoms with Gasteiger partial charge in [-0.25, -0.2) is 4.79 Å². The monoisotopic (exact) mass is 296 g/mol. The molecular weight excluding hydrogens is 280 g/mol. The second kappa shape index (κ2) is 5.26. The molecule has 0 atom stereocenters. The zero-order valence-corrected chi connectivity index (χ0v) is 12.2. The highest BCUT2D eigenvalue weighted by atomic mass is 16.2. The third-order valence-corrected chi connectivity index (χ3v) is 4.30. The molecule has 22 heavy (non-hydrogen) atoms. The number of hydrogen-bond donors (Lipinski definition) is 2. The summed E-state index contributed by atoms with van der Waals surface area (Å²) in [6.45, 7) is 1.78. The topological polar surface area (TPSA) is 75.3 Å². The minimum Gasteiger partial charge on any atom is -0.277 e. The van der Waals surface area contributed by atoms with Crippen LogP contribution in [0.1, 0.15) is 18.9 Å². The van der Waals surface area contributed by atoms with Crippen LogP contribution in [-0.4, -0.2) is 17.8 Å². The van der Waals surface area contributed by atoms with Crippen molar-refractivity contribution in [2.75, 3.05) is 0 Å². The Morgan fingerprint density at radius 2 is 1.55 bits per heavy atom. The number of rotatable bonds is 3. The highest BCUT2D eigenvalue weighted by molar-refractivity contribution is 6.19. The molecule has 1 aliphatic rings. The van der Waals surface area contributed by atoms with E-state index in [1.165, 1.54) is 0 Å². The standard InChI is InChI=1S/C17H16N2O3/c1-2-17(14(20)18-16(22)19-15(17)21)10-12-8-5-7-11-6-3-4-9-13(11)12/h3-9H,2,10H2,1H3,(H2,18,19,20,21,22). The summed E-state index contributed by atoms with van der Waals surface area (Å²) in [7, 11) is 0. The smallest absolute Gasteiger partial charge is 0.277 e. The molecule has 1 fully saturated rings. The number of fused-ring (bicyclic) bond motifs is 1. The summed E-state index contributed by atoms with van der Waals surface area (Å²) in [6.07, 6.45) is 0.580. The molecule has 0 spiro atoms. The Morgan fingerprint density at radius 3 is 2.23 bits per heavy atom. The van der Waals surface area contributed by atoms with Crippen LogP contribution in [0.25, 0.3) is 10.8 Å². The van der Waals surface area contributed by atoms with E-state index in [9.17, 15) is 14.4 Å². The van der Waals surface area contributed by atoms with Crippen molar-refractivity contribution in [3.8, 4) is 0 Å². The number of carbonyl (C=O) groups is 3. The number of urea groups is 1. The maximum atomic E-state index is 12.3. The van der Waals surface area contributed by atoms with Gasteiger partial charge in [0, 0.05) is 0 Å². The molecule has 0 aliphatic carbocycles. The van der Waals surface area contributed by atoms with E-state index in [-0.39, 0.29) is 6.42 Å². The van der Waals surface area contributed by atoms with Crippen LogP contribution in [0, 0.1) is 5.41 Å². The molecule has 4 amide bonds. The lowest BCUT2D eigenvalue weighted by atomic mass is 9.75. The zero-order valence-electron chi connectivity index (χ0n) is 12.2. The lowest BCUT2D eigenvalue weighted by Crippen LogP contribution is -2.63. The number of nitrogens with one attached hydrogen (secondary N) is 2. The van der Waals surface area contributed by atoms with Crippen LogP contribution in [0.3, 0.4) is 0 Å². The Hall–Kier alpha value is -2.69. The molecule has 2 aromatic carbocycles. The van der Waals surface area contributed by atoms with E-state index >= 15 is 0 Å². The van der Waals surface area contributed by atoms with Gasteiger partial charge in [0.25, 0.3) is 0 Å². The van der Waals surface area contributed by atoms with E-state index in [0.717, 1.165) is 16.3 Å². The molecule has 1 aliphatic heterocycles. The zero-order chi connectivity index (χ0) is 15.7. The molecule has 2 N–H and O–H groups in total. The lowest BCUT2D eigenvalue weighted by molar-refractivity contribution is -0.144. The fraction of sp³-hybridized carbons (Fsp3) is 0.235. The molecule has 0 radical (unpaired) electrons. The van der Waals surface area contributed by atoms with E-state index in [1.54, 1.807) is 6.92 Å². The third kappa shape index (κ3) is 2.15. The van der Waals surface area contributed by atoms with Gasteiger partial charge in [-0.3, -0.25) is 20.2 Å². The van der Waals surface area contributed by atoms with Gasteiger partial charge in [0.15, 0.2) is 0 Å². The average Bonchev–Trinajstić information content (AvgIpc) is 2.51. The van der Waals surface area contributed by atoms with Crippen LogP contribution in [0.5, 0.6) is 0 Å².